The van der Waals surface area contributed by atoms with Crippen LogP contribution in [0.25, 0.3) is 11.3 Å². The SMILES string of the molecule is NS(=O)(=O)c1ccc(Nc2cc(-c3ccccc3)nc(SCC(=O)c3ccc(Br)cc3)n2)cc1. The van der Waals surface area contributed by atoms with Crippen LogP contribution in [0.2, 0.25) is 0 Å². The molecule has 7 nitrogen and oxygen atoms in total. The molecule has 0 amide bonds. The van der Waals surface area contributed by atoms with Crippen molar-refractivity contribution in [1.82, 2.24) is 9.97 Å². The number of halogens is 1. The van der Waals surface area contributed by atoms with Crippen LogP contribution in [0.5, 0.6) is 0 Å². The summed E-state index contributed by atoms with van der Waals surface area (Å²) in [6.07, 6.45) is 0. The minimum absolute atomic E-state index is 0.0217. The first-order valence-corrected chi connectivity index (χ1v) is 13.4. The third-order valence-corrected chi connectivity index (χ3v) is 7.03. The Bertz CT molecular complexity index is 1410. The Labute approximate surface area is 210 Å². The van der Waals surface area contributed by atoms with E-state index in [1.54, 1.807) is 30.3 Å². The minimum Gasteiger partial charge on any atom is -0.340 e. The van der Waals surface area contributed by atoms with Crippen LogP contribution in [0.4, 0.5) is 11.5 Å². The minimum atomic E-state index is -3.77. The van der Waals surface area contributed by atoms with Crippen molar-refractivity contribution in [3.05, 3.63) is 95.0 Å². The van der Waals surface area contributed by atoms with Crippen LogP contribution < -0.4 is 10.5 Å². The first-order valence-electron chi connectivity index (χ1n) is 10.0. The summed E-state index contributed by atoms with van der Waals surface area (Å²) >= 11 is 4.62. The van der Waals surface area contributed by atoms with Crippen LogP contribution in [0.1, 0.15) is 10.4 Å². The Balaban J connectivity index is 1.59. The van der Waals surface area contributed by atoms with Crippen molar-refractivity contribution in [1.29, 1.82) is 0 Å². The van der Waals surface area contributed by atoms with E-state index in [9.17, 15) is 13.2 Å². The zero-order valence-electron chi connectivity index (χ0n) is 17.7. The van der Waals surface area contributed by atoms with Gasteiger partial charge in [-0.15, -0.1) is 0 Å². The molecule has 0 bridgehead atoms. The summed E-state index contributed by atoms with van der Waals surface area (Å²) in [7, 11) is -3.77. The number of benzene rings is 3. The van der Waals surface area contributed by atoms with Crippen LogP contribution in [-0.2, 0) is 10.0 Å². The number of nitrogens with two attached hydrogens (primary N) is 1. The third-order valence-electron chi connectivity index (χ3n) is 4.73. The van der Waals surface area contributed by atoms with Gasteiger partial charge in [-0.25, -0.2) is 23.5 Å². The van der Waals surface area contributed by atoms with Crippen LogP contribution in [-0.4, -0.2) is 29.9 Å². The Morgan fingerprint density at radius 2 is 1.62 bits per heavy atom. The number of carbonyl (C=O) groups is 1. The van der Waals surface area contributed by atoms with Crippen molar-refractivity contribution in [2.75, 3.05) is 11.1 Å². The maximum Gasteiger partial charge on any atom is 0.238 e. The summed E-state index contributed by atoms with van der Waals surface area (Å²) in [6.45, 7) is 0. The summed E-state index contributed by atoms with van der Waals surface area (Å²) in [4.78, 5) is 21.8. The summed E-state index contributed by atoms with van der Waals surface area (Å²) < 4.78 is 23.9. The van der Waals surface area contributed by atoms with E-state index < -0.39 is 10.0 Å². The second kappa shape index (κ2) is 10.5. The Kier molecular flexibility index (Phi) is 7.42. The van der Waals surface area contributed by atoms with E-state index in [2.05, 4.69) is 31.2 Å². The van der Waals surface area contributed by atoms with Gasteiger partial charge in [-0.1, -0.05) is 70.2 Å². The number of nitrogens with zero attached hydrogens (tertiary/aromatic N) is 2. The second-order valence-corrected chi connectivity index (χ2v) is 10.6. The molecule has 0 aliphatic carbocycles. The van der Waals surface area contributed by atoms with Crippen LogP contribution in [0.3, 0.4) is 0 Å². The van der Waals surface area contributed by atoms with E-state index in [-0.39, 0.29) is 16.4 Å². The van der Waals surface area contributed by atoms with Crippen LogP contribution in [0, 0.1) is 0 Å². The van der Waals surface area contributed by atoms with Crippen molar-refractivity contribution < 1.29 is 13.2 Å². The molecule has 0 atom stereocenters. The van der Waals surface area contributed by atoms with E-state index in [1.165, 1.54) is 23.9 Å². The number of anilines is 2. The maximum absolute atomic E-state index is 12.6. The second-order valence-electron chi connectivity index (χ2n) is 7.20. The Morgan fingerprint density at radius 1 is 0.941 bits per heavy atom. The first-order chi connectivity index (χ1) is 16.3. The number of hydrogen-bond acceptors (Lipinski definition) is 7. The molecule has 10 heteroatoms. The van der Waals surface area contributed by atoms with Gasteiger partial charge in [-0.05, 0) is 36.4 Å². The fourth-order valence-corrected chi connectivity index (χ4v) is 4.57. The van der Waals surface area contributed by atoms with Crippen molar-refractivity contribution in [2.24, 2.45) is 5.14 Å². The summed E-state index contributed by atoms with van der Waals surface area (Å²) in [5, 5.41) is 8.78. The number of ketones is 1. The van der Waals surface area contributed by atoms with Crippen molar-refractivity contribution in [3.8, 4) is 11.3 Å². The molecule has 0 unspecified atom stereocenters. The zero-order valence-corrected chi connectivity index (χ0v) is 20.9. The number of nitrogens with one attached hydrogen (secondary N) is 1. The molecule has 34 heavy (non-hydrogen) atoms. The fraction of sp³-hybridized carbons (Fsp3) is 0.0417. The van der Waals surface area contributed by atoms with Gasteiger partial charge in [0, 0.05) is 27.4 Å². The third kappa shape index (κ3) is 6.29. The largest absolute Gasteiger partial charge is 0.340 e. The quantitative estimate of drug-likeness (QED) is 0.173. The number of primary sulfonamides is 1. The fourth-order valence-electron chi connectivity index (χ4n) is 3.04. The molecule has 0 saturated heterocycles. The van der Waals surface area contributed by atoms with E-state index in [0.717, 1.165) is 10.0 Å². The van der Waals surface area contributed by atoms with Crippen molar-refractivity contribution in [2.45, 2.75) is 10.1 Å². The molecule has 0 aliphatic heterocycles. The molecule has 3 aromatic carbocycles. The number of carbonyl (C=O) groups excluding carboxylic acids is 1. The average Bonchev–Trinajstić information content (AvgIpc) is 2.83. The molecule has 3 N–H and O–H groups in total. The number of Topliss-reactive ketones (excluding diaryl/α,β-unsaturated/α-hetero) is 1. The van der Waals surface area contributed by atoms with Gasteiger partial charge in [0.05, 0.1) is 16.3 Å². The Hall–Kier alpha value is -3.05. The highest BCUT2D eigenvalue weighted by atomic mass is 79.9. The number of rotatable bonds is 8. The van der Waals surface area contributed by atoms with Crippen molar-refractivity contribution in [3.63, 3.8) is 0 Å². The number of sulfonamides is 1. The highest BCUT2D eigenvalue weighted by Crippen LogP contribution is 2.26. The summed E-state index contributed by atoms with van der Waals surface area (Å²) in [5.41, 5.74) is 2.84. The molecule has 1 aromatic heterocycles. The molecular formula is C24H19BrN4O3S2. The van der Waals surface area contributed by atoms with Gasteiger partial charge in [-0.2, -0.15) is 0 Å². The molecule has 0 radical (unpaired) electrons. The zero-order chi connectivity index (χ0) is 24.1. The molecule has 172 valence electrons. The monoisotopic (exact) mass is 554 g/mol. The molecule has 0 spiro atoms. The smallest absolute Gasteiger partial charge is 0.238 e. The van der Waals surface area contributed by atoms with Crippen molar-refractivity contribution >= 4 is 55.0 Å². The van der Waals surface area contributed by atoms with Gasteiger partial charge in [0.15, 0.2) is 10.9 Å². The lowest BCUT2D eigenvalue weighted by atomic mass is 10.1. The van der Waals surface area contributed by atoms with Crippen LogP contribution >= 0.6 is 27.7 Å². The first kappa shape index (κ1) is 24.1. The molecule has 0 aliphatic rings. The van der Waals surface area contributed by atoms with Gasteiger partial charge in [0.2, 0.25) is 10.0 Å². The molecule has 4 aromatic rings. The van der Waals surface area contributed by atoms with Gasteiger partial charge < -0.3 is 5.32 Å². The predicted octanol–water partition coefficient (Wildman–Crippen LogP) is 5.27. The number of hydrogen-bond donors (Lipinski definition) is 2. The van der Waals surface area contributed by atoms with E-state index in [1.807, 2.05) is 42.5 Å². The maximum atomic E-state index is 12.6. The molecular weight excluding hydrogens is 536 g/mol. The number of thioether (sulfide) groups is 1. The Morgan fingerprint density at radius 3 is 2.26 bits per heavy atom. The predicted molar refractivity (Wildman–Crippen MR) is 138 cm³/mol. The summed E-state index contributed by atoms with van der Waals surface area (Å²) in [6, 6.07) is 24.7. The van der Waals surface area contributed by atoms with Crippen LogP contribution in [0.15, 0.2) is 99.5 Å². The highest BCUT2D eigenvalue weighted by Gasteiger charge is 2.12. The average molecular weight is 555 g/mol. The molecule has 1 heterocycles. The molecule has 4 rings (SSSR count). The normalized spacial score (nSPS) is 11.2. The van der Waals surface area contributed by atoms with Gasteiger partial charge in [-0.3, -0.25) is 4.79 Å². The van der Waals surface area contributed by atoms with Gasteiger partial charge >= 0.3 is 0 Å². The highest BCUT2D eigenvalue weighted by molar-refractivity contribution is 9.10. The lowest BCUT2D eigenvalue weighted by molar-refractivity contribution is 0.102. The van der Waals surface area contributed by atoms with Gasteiger partial charge in [0.25, 0.3) is 0 Å². The summed E-state index contributed by atoms with van der Waals surface area (Å²) in [5.74, 6) is 0.664. The van der Waals surface area contributed by atoms with E-state index in [4.69, 9.17) is 5.14 Å². The number of aromatic nitrogens is 2. The standard InChI is InChI=1S/C24H19BrN4O3S2/c25-18-8-6-17(7-9-18)22(30)15-33-24-28-21(16-4-2-1-3-5-16)14-23(29-24)27-19-10-12-20(13-11-19)34(26,31)32/h1-14H,15H2,(H2,26,31,32)(H,27,28,29). The lowest BCUT2D eigenvalue weighted by Gasteiger charge is -2.11. The van der Waals surface area contributed by atoms with E-state index >= 15 is 0 Å². The van der Waals surface area contributed by atoms with E-state index in [0.29, 0.717) is 27.9 Å². The van der Waals surface area contributed by atoms with Gasteiger partial charge in [0.1, 0.15) is 5.82 Å². The topological polar surface area (TPSA) is 115 Å². The molecule has 0 saturated carbocycles. The lowest BCUT2D eigenvalue weighted by Crippen LogP contribution is -2.11. The molecule has 0 fully saturated rings.